The minimum absolute atomic E-state index is 0.151. The van der Waals surface area contributed by atoms with Crippen LogP contribution in [0.2, 0.25) is 0 Å². The Kier molecular flexibility index (Phi) is 3.90. The summed E-state index contributed by atoms with van der Waals surface area (Å²) < 4.78 is 5.54. The maximum Gasteiger partial charge on any atom is 0.410 e. The molecule has 1 aromatic heterocycles. The van der Waals surface area contributed by atoms with Crippen molar-refractivity contribution in [2.24, 2.45) is 5.92 Å². The summed E-state index contributed by atoms with van der Waals surface area (Å²) in [5.74, 6) is 0.394. The Morgan fingerprint density at radius 1 is 1.47 bits per heavy atom. The molecule has 0 saturated heterocycles. The fraction of sp³-hybridized carbons (Fsp3) is 0.667. The fourth-order valence-electron chi connectivity index (χ4n) is 2.52. The summed E-state index contributed by atoms with van der Waals surface area (Å²) >= 11 is 1.75. The van der Waals surface area contributed by atoms with Gasteiger partial charge in [0.15, 0.2) is 0 Å². The Morgan fingerprint density at radius 2 is 2.16 bits per heavy atom. The summed E-state index contributed by atoms with van der Waals surface area (Å²) in [6.45, 7) is 10.8. The maximum atomic E-state index is 12.4. The molecule has 0 aliphatic carbocycles. The van der Waals surface area contributed by atoms with E-state index in [4.69, 9.17) is 4.74 Å². The third-order valence-electron chi connectivity index (χ3n) is 3.27. The van der Waals surface area contributed by atoms with Gasteiger partial charge in [-0.25, -0.2) is 4.79 Å². The smallest absolute Gasteiger partial charge is 0.410 e. The number of nitrogens with zero attached hydrogens (tertiary/aromatic N) is 1. The van der Waals surface area contributed by atoms with E-state index in [1.165, 1.54) is 10.4 Å². The Morgan fingerprint density at radius 3 is 2.74 bits per heavy atom. The third-order valence-corrected chi connectivity index (χ3v) is 4.30. The molecule has 1 aromatic rings. The molecule has 2 rings (SSSR count). The van der Waals surface area contributed by atoms with Gasteiger partial charge in [0.1, 0.15) is 5.60 Å². The number of carbonyl (C=O) groups is 1. The van der Waals surface area contributed by atoms with Crippen LogP contribution in [-0.2, 0) is 11.2 Å². The number of hydrogen-bond donors (Lipinski definition) is 0. The Balaban J connectivity index is 2.24. The zero-order chi connectivity index (χ0) is 14.2. The molecule has 0 bridgehead atoms. The van der Waals surface area contributed by atoms with Crippen molar-refractivity contribution in [2.75, 3.05) is 6.54 Å². The van der Waals surface area contributed by atoms with Gasteiger partial charge in [-0.05, 0) is 50.1 Å². The number of amides is 1. The number of thiophene rings is 1. The van der Waals surface area contributed by atoms with Crippen molar-refractivity contribution in [3.63, 3.8) is 0 Å². The van der Waals surface area contributed by atoms with Crippen LogP contribution in [0.4, 0.5) is 4.79 Å². The van der Waals surface area contributed by atoms with Gasteiger partial charge in [0.05, 0.1) is 6.04 Å². The van der Waals surface area contributed by atoms with Gasteiger partial charge in [-0.3, -0.25) is 4.90 Å². The summed E-state index contributed by atoms with van der Waals surface area (Å²) in [6, 6.07) is 2.33. The van der Waals surface area contributed by atoms with E-state index < -0.39 is 5.60 Å². The van der Waals surface area contributed by atoms with Crippen LogP contribution >= 0.6 is 11.3 Å². The van der Waals surface area contributed by atoms with Gasteiger partial charge in [0.25, 0.3) is 0 Å². The van der Waals surface area contributed by atoms with E-state index in [0.29, 0.717) is 5.92 Å². The highest BCUT2D eigenvalue weighted by Crippen LogP contribution is 2.39. The first-order valence-corrected chi connectivity index (χ1v) is 7.73. The molecule has 1 amide bonds. The lowest BCUT2D eigenvalue weighted by atomic mass is 9.93. The van der Waals surface area contributed by atoms with Gasteiger partial charge in [0.2, 0.25) is 0 Å². The van der Waals surface area contributed by atoms with Gasteiger partial charge >= 0.3 is 6.09 Å². The van der Waals surface area contributed by atoms with Crippen molar-refractivity contribution in [2.45, 2.75) is 52.7 Å². The predicted molar refractivity (Wildman–Crippen MR) is 78.5 cm³/mol. The van der Waals surface area contributed by atoms with Gasteiger partial charge in [-0.2, -0.15) is 0 Å². The van der Waals surface area contributed by atoms with Crippen molar-refractivity contribution in [3.05, 3.63) is 21.9 Å². The summed E-state index contributed by atoms with van der Waals surface area (Å²) in [6.07, 6.45) is 0.742. The van der Waals surface area contributed by atoms with Crippen LogP contribution in [0.15, 0.2) is 11.4 Å². The average molecular weight is 281 g/mol. The third kappa shape index (κ3) is 3.11. The first-order valence-electron chi connectivity index (χ1n) is 6.85. The second-order valence-electron chi connectivity index (χ2n) is 6.42. The molecule has 1 atom stereocenters. The zero-order valence-corrected chi connectivity index (χ0v) is 13.2. The van der Waals surface area contributed by atoms with Crippen molar-refractivity contribution in [1.29, 1.82) is 0 Å². The van der Waals surface area contributed by atoms with Gasteiger partial charge in [-0.15, -0.1) is 11.3 Å². The molecule has 0 radical (unpaired) electrons. The summed E-state index contributed by atoms with van der Waals surface area (Å²) in [5.41, 5.74) is 0.956. The monoisotopic (exact) mass is 281 g/mol. The molecule has 1 aliphatic rings. The van der Waals surface area contributed by atoms with Crippen molar-refractivity contribution >= 4 is 17.4 Å². The predicted octanol–water partition coefficient (Wildman–Crippen LogP) is 4.24. The van der Waals surface area contributed by atoms with E-state index >= 15 is 0 Å². The Hall–Kier alpha value is -1.03. The van der Waals surface area contributed by atoms with E-state index in [0.717, 1.165) is 13.0 Å². The molecule has 1 unspecified atom stereocenters. The van der Waals surface area contributed by atoms with Crippen LogP contribution in [0.1, 0.15) is 51.1 Å². The molecule has 106 valence electrons. The van der Waals surface area contributed by atoms with Crippen molar-refractivity contribution in [3.8, 4) is 0 Å². The Labute approximate surface area is 119 Å². The minimum atomic E-state index is -0.436. The van der Waals surface area contributed by atoms with Crippen LogP contribution in [0.25, 0.3) is 0 Å². The molecule has 19 heavy (non-hydrogen) atoms. The van der Waals surface area contributed by atoms with E-state index in [1.54, 1.807) is 11.3 Å². The van der Waals surface area contributed by atoms with E-state index in [1.807, 2.05) is 25.7 Å². The van der Waals surface area contributed by atoms with Gasteiger partial charge in [0, 0.05) is 11.4 Å². The number of rotatable bonds is 1. The molecule has 3 nitrogen and oxygen atoms in total. The molecule has 0 aromatic carbocycles. The highest BCUT2D eigenvalue weighted by Gasteiger charge is 2.35. The molecule has 0 saturated carbocycles. The molecular formula is C15H23NO2S. The van der Waals surface area contributed by atoms with E-state index in [2.05, 4.69) is 25.3 Å². The lowest BCUT2D eigenvalue weighted by Gasteiger charge is -2.38. The minimum Gasteiger partial charge on any atom is -0.444 e. The number of ether oxygens (including phenoxy) is 1. The van der Waals surface area contributed by atoms with Crippen LogP contribution < -0.4 is 0 Å². The van der Waals surface area contributed by atoms with Crippen molar-refractivity contribution < 1.29 is 9.53 Å². The molecule has 1 aliphatic heterocycles. The van der Waals surface area contributed by atoms with E-state index in [-0.39, 0.29) is 12.1 Å². The van der Waals surface area contributed by atoms with Crippen LogP contribution in [0, 0.1) is 5.92 Å². The largest absolute Gasteiger partial charge is 0.444 e. The van der Waals surface area contributed by atoms with Gasteiger partial charge < -0.3 is 4.74 Å². The number of carbonyl (C=O) groups excluding carboxylic acids is 1. The van der Waals surface area contributed by atoms with E-state index in [9.17, 15) is 4.79 Å². The highest BCUT2D eigenvalue weighted by molar-refractivity contribution is 7.10. The lowest BCUT2D eigenvalue weighted by Crippen LogP contribution is -2.44. The SMILES string of the molecule is CC(C)C1c2sccc2CCN1C(=O)OC(C)(C)C. The zero-order valence-electron chi connectivity index (χ0n) is 12.4. The second-order valence-corrected chi connectivity index (χ2v) is 7.37. The maximum absolute atomic E-state index is 12.4. The average Bonchev–Trinajstić information content (AvgIpc) is 2.72. The molecule has 2 heterocycles. The van der Waals surface area contributed by atoms with Gasteiger partial charge in [-0.1, -0.05) is 13.8 Å². The lowest BCUT2D eigenvalue weighted by molar-refractivity contribution is 0.00936. The number of hydrogen-bond acceptors (Lipinski definition) is 3. The number of fused-ring (bicyclic) bond motifs is 1. The normalized spacial score (nSPS) is 19.5. The topological polar surface area (TPSA) is 29.5 Å². The molecular weight excluding hydrogens is 258 g/mol. The first kappa shape index (κ1) is 14.4. The van der Waals surface area contributed by atoms with Crippen LogP contribution in [0.3, 0.4) is 0 Å². The molecule has 4 heteroatoms. The van der Waals surface area contributed by atoms with Crippen LogP contribution in [-0.4, -0.2) is 23.1 Å². The molecule has 0 spiro atoms. The standard InChI is InChI=1S/C15H23NO2S/c1-10(2)12-13-11(7-9-19-13)6-8-16(12)14(17)18-15(3,4)5/h7,9-10,12H,6,8H2,1-5H3. The molecule has 0 fully saturated rings. The second kappa shape index (κ2) is 5.16. The van der Waals surface area contributed by atoms with Crippen LogP contribution in [0.5, 0.6) is 0 Å². The fourth-order valence-corrected chi connectivity index (χ4v) is 3.76. The highest BCUT2D eigenvalue weighted by atomic mass is 32.1. The van der Waals surface area contributed by atoms with Crippen molar-refractivity contribution in [1.82, 2.24) is 4.90 Å². The summed E-state index contributed by atoms with van der Waals surface area (Å²) in [5, 5.41) is 2.12. The quantitative estimate of drug-likeness (QED) is 0.770. The molecule has 0 N–H and O–H groups in total. The summed E-state index contributed by atoms with van der Waals surface area (Å²) in [7, 11) is 0. The first-order chi connectivity index (χ1) is 8.79. The Bertz CT molecular complexity index is 459. The summed E-state index contributed by atoms with van der Waals surface area (Å²) in [4.78, 5) is 15.6.